The SMILES string of the molecule is CCCC(C)NC(=O)CCN1C(=O)CC(CP)C1=O. The molecule has 0 aliphatic carbocycles. The van der Waals surface area contributed by atoms with Crippen molar-refractivity contribution in [2.75, 3.05) is 12.7 Å². The molecule has 0 radical (unpaired) electrons. The van der Waals surface area contributed by atoms with Crippen LogP contribution in [0.5, 0.6) is 0 Å². The Bertz CT molecular complexity index is 360. The van der Waals surface area contributed by atoms with E-state index in [0.29, 0.717) is 6.16 Å². The van der Waals surface area contributed by atoms with Gasteiger partial charge in [0.2, 0.25) is 17.7 Å². The van der Waals surface area contributed by atoms with Gasteiger partial charge in [0.1, 0.15) is 0 Å². The van der Waals surface area contributed by atoms with Crippen LogP contribution in [0.1, 0.15) is 39.5 Å². The molecule has 3 amide bonds. The number of rotatable bonds is 7. The Balaban J connectivity index is 2.38. The van der Waals surface area contributed by atoms with Crippen LogP contribution >= 0.6 is 9.24 Å². The molecule has 1 saturated heterocycles. The molecule has 5 nitrogen and oxygen atoms in total. The van der Waals surface area contributed by atoms with Gasteiger partial charge in [0.05, 0.1) is 5.92 Å². The predicted molar refractivity (Wildman–Crippen MR) is 76.5 cm³/mol. The van der Waals surface area contributed by atoms with E-state index in [-0.39, 0.29) is 49.1 Å². The summed E-state index contributed by atoms with van der Waals surface area (Å²) >= 11 is 0. The Morgan fingerprint density at radius 2 is 2.21 bits per heavy atom. The van der Waals surface area contributed by atoms with Crippen molar-refractivity contribution in [3.63, 3.8) is 0 Å². The van der Waals surface area contributed by atoms with Gasteiger partial charge in [0.15, 0.2) is 0 Å². The number of imide groups is 1. The Morgan fingerprint density at radius 1 is 1.53 bits per heavy atom. The third-order valence-corrected chi connectivity index (χ3v) is 3.88. The summed E-state index contributed by atoms with van der Waals surface area (Å²) < 4.78 is 0. The van der Waals surface area contributed by atoms with E-state index in [1.54, 1.807) is 0 Å². The standard InChI is InChI=1S/C13H23N2O3P/c1-3-4-9(2)14-11(16)5-6-15-12(17)7-10(8-19)13(15)18/h9-10H,3-8,19H2,1-2H3,(H,14,16). The van der Waals surface area contributed by atoms with Crippen molar-refractivity contribution in [2.24, 2.45) is 5.92 Å². The van der Waals surface area contributed by atoms with E-state index in [4.69, 9.17) is 0 Å². The lowest BCUT2D eigenvalue weighted by molar-refractivity contribution is -0.139. The minimum absolute atomic E-state index is 0.101. The minimum Gasteiger partial charge on any atom is -0.354 e. The molecule has 0 aromatic carbocycles. The fourth-order valence-corrected chi connectivity index (χ4v) is 2.60. The maximum absolute atomic E-state index is 11.8. The molecule has 1 aliphatic rings. The van der Waals surface area contributed by atoms with E-state index in [9.17, 15) is 14.4 Å². The number of carbonyl (C=O) groups excluding carboxylic acids is 3. The van der Waals surface area contributed by atoms with Crippen molar-refractivity contribution in [3.8, 4) is 0 Å². The van der Waals surface area contributed by atoms with Crippen molar-refractivity contribution < 1.29 is 14.4 Å². The van der Waals surface area contributed by atoms with E-state index in [1.807, 2.05) is 6.92 Å². The number of likely N-dealkylation sites (tertiary alicyclic amines) is 1. The van der Waals surface area contributed by atoms with Gasteiger partial charge in [-0.15, -0.1) is 9.24 Å². The number of hydrogen-bond donors (Lipinski definition) is 1. The predicted octanol–water partition coefficient (Wildman–Crippen LogP) is 0.931. The summed E-state index contributed by atoms with van der Waals surface area (Å²) in [5.74, 6) is -0.628. The molecule has 1 rings (SSSR count). The first-order valence-electron chi connectivity index (χ1n) is 6.83. The van der Waals surface area contributed by atoms with Crippen LogP contribution in [-0.4, -0.2) is 41.4 Å². The molecular formula is C13H23N2O3P. The van der Waals surface area contributed by atoms with Crippen molar-refractivity contribution in [1.82, 2.24) is 10.2 Å². The molecule has 0 saturated carbocycles. The van der Waals surface area contributed by atoms with Gasteiger partial charge in [-0.1, -0.05) is 13.3 Å². The molecular weight excluding hydrogens is 263 g/mol. The first-order chi connectivity index (χ1) is 8.99. The average Bonchev–Trinajstić information content (AvgIpc) is 2.62. The van der Waals surface area contributed by atoms with Gasteiger partial charge in [0, 0.05) is 25.4 Å². The first-order valence-corrected chi connectivity index (χ1v) is 7.64. The number of hydrogen-bond acceptors (Lipinski definition) is 3. The molecule has 108 valence electrons. The normalized spacial score (nSPS) is 20.8. The van der Waals surface area contributed by atoms with Crippen LogP contribution in [0.25, 0.3) is 0 Å². The van der Waals surface area contributed by atoms with Crippen LogP contribution in [0, 0.1) is 5.92 Å². The van der Waals surface area contributed by atoms with Crippen LogP contribution in [0.4, 0.5) is 0 Å². The summed E-state index contributed by atoms with van der Waals surface area (Å²) in [6.45, 7) is 4.22. The zero-order chi connectivity index (χ0) is 14.4. The topological polar surface area (TPSA) is 66.5 Å². The molecule has 6 heteroatoms. The monoisotopic (exact) mass is 286 g/mol. The molecule has 0 aromatic rings. The molecule has 3 unspecified atom stereocenters. The van der Waals surface area contributed by atoms with Gasteiger partial charge < -0.3 is 5.32 Å². The fourth-order valence-electron chi connectivity index (χ4n) is 2.24. The molecule has 0 spiro atoms. The smallest absolute Gasteiger partial charge is 0.233 e. The number of carbonyl (C=O) groups is 3. The molecule has 0 bridgehead atoms. The molecule has 1 aliphatic heterocycles. The number of nitrogens with zero attached hydrogens (tertiary/aromatic N) is 1. The summed E-state index contributed by atoms with van der Waals surface area (Å²) in [6.07, 6.45) is 3.01. The van der Waals surface area contributed by atoms with E-state index in [0.717, 1.165) is 12.8 Å². The molecule has 1 N–H and O–H groups in total. The van der Waals surface area contributed by atoms with Gasteiger partial charge in [-0.25, -0.2) is 0 Å². The zero-order valence-electron chi connectivity index (χ0n) is 11.6. The minimum atomic E-state index is -0.223. The summed E-state index contributed by atoms with van der Waals surface area (Å²) in [5, 5.41) is 2.87. The van der Waals surface area contributed by atoms with E-state index in [1.165, 1.54) is 4.90 Å². The average molecular weight is 286 g/mol. The maximum Gasteiger partial charge on any atom is 0.233 e. The van der Waals surface area contributed by atoms with Crippen molar-refractivity contribution >= 4 is 27.0 Å². The molecule has 1 heterocycles. The highest BCUT2D eigenvalue weighted by Gasteiger charge is 2.37. The largest absolute Gasteiger partial charge is 0.354 e. The van der Waals surface area contributed by atoms with E-state index in [2.05, 4.69) is 21.5 Å². The lowest BCUT2D eigenvalue weighted by Gasteiger charge is -2.16. The highest BCUT2D eigenvalue weighted by molar-refractivity contribution is 7.16. The van der Waals surface area contributed by atoms with Crippen molar-refractivity contribution in [2.45, 2.75) is 45.6 Å². The second-order valence-electron chi connectivity index (χ2n) is 5.03. The van der Waals surface area contributed by atoms with Gasteiger partial charge in [-0.2, -0.15) is 0 Å². The Labute approximate surface area is 116 Å². The third-order valence-electron chi connectivity index (χ3n) is 3.31. The van der Waals surface area contributed by atoms with Gasteiger partial charge >= 0.3 is 0 Å². The molecule has 0 aromatic heterocycles. The third kappa shape index (κ3) is 4.57. The Morgan fingerprint density at radius 3 is 2.74 bits per heavy atom. The van der Waals surface area contributed by atoms with E-state index < -0.39 is 0 Å². The second-order valence-corrected chi connectivity index (χ2v) is 5.50. The van der Waals surface area contributed by atoms with Gasteiger partial charge in [0.25, 0.3) is 0 Å². The molecule has 1 fully saturated rings. The van der Waals surface area contributed by atoms with Crippen molar-refractivity contribution in [1.29, 1.82) is 0 Å². The number of amides is 3. The quantitative estimate of drug-likeness (QED) is 0.559. The fraction of sp³-hybridized carbons (Fsp3) is 0.769. The van der Waals surface area contributed by atoms with Crippen molar-refractivity contribution in [3.05, 3.63) is 0 Å². The second kappa shape index (κ2) is 7.59. The van der Waals surface area contributed by atoms with E-state index >= 15 is 0 Å². The highest BCUT2D eigenvalue weighted by atomic mass is 31.0. The van der Waals surface area contributed by atoms with Crippen LogP contribution in [0.15, 0.2) is 0 Å². The summed E-state index contributed by atoms with van der Waals surface area (Å²) in [5.41, 5.74) is 0. The van der Waals surface area contributed by atoms with Crippen LogP contribution < -0.4 is 5.32 Å². The lowest BCUT2D eigenvalue weighted by atomic mass is 10.1. The Kier molecular flexibility index (Phi) is 6.43. The van der Waals surface area contributed by atoms with Gasteiger partial charge in [-0.3, -0.25) is 19.3 Å². The zero-order valence-corrected chi connectivity index (χ0v) is 12.8. The summed E-state index contributed by atoms with van der Waals surface area (Å²) in [7, 11) is 2.49. The molecule has 19 heavy (non-hydrogen) atoms. The Hall–Kier alpha value is -0.960. The summed E-state index contributed by atoms with van der Waals surface area (Å²) in [4.78, 5) is 36.4. The van der Waals surface area contributed by atoms with Gasteiger partial charge in [-0.05, 0) is 19.5 Å². The first kappa shape index (κ1) is 16.1. The van der Waals surface area contributed by atoms with Crippen LogP contribution in [0.2, 0.25) is 0 Å². The molecule has 3 atom stereocenters. The highest BCUT2D eigenvalue weighted by Crippen LogP contribution is 2.21. The number of nitrogens with one attached hydrogen (secondary N) is 1. The summed E-state index contributed by atoms with van der Waals surface area (Å²) in [6, 6.07) is 0.141. The van der Waals surface area contributed by atoms with Crippen LogP contribution in [0.3, 0.4) is 0 Å². The van der Waals surface area contributed by atoms with Crippen LogP contribution in [-0.2, 0) is 14.4 Å². The maximum atomic E-state index is 11.8. The lowest BCUT2D eigenvalue weighted by Crippen LogP contribution is -2.37.